The Bertz CT molecular complexity index is 121. The molecule has 0 amide bonds. The van der Waals surface area contributed by atoms with Crippen LogP contribution in [0.25, 0.3) is 0 Å². The van der Waals surface area contributed by atoms with Crippen LogP contribution in [0.15, 0.2) is 0 Å². The predicted molar refractivity (Wildman–Crippen MR) is 35.7 cm³/mol. The first-order valence-corrected chi connectivity index (χ1v) is 2.81. The number of hydrogen-bond donors (Lipinski definition) is 2. The van der Waals surface area contributed by atoms with E-state index in [9.17, 15) is 0 Å². The van der Waals surface area contributed by atoms with E-state index in [-0.39, 0.29) is 6.61 Å². The van der Waals surface area contributed by atoms with E-state index in [1.165, 1.54) is 0 Å². The van der Waals surface area contributed by atoms with Crippen LogP contribution >= 0.6 is 0 Å². The first-order chi connectivity index (χ1) is 4.04. The molecule has 2 heteroatoms. The topological polar surface area (TPSA) is 40.5 Å². The van der Waals surface area contributed by atoms with Crippen LogP contribution in [0.5, 0.6) is 0 Å². The zero-order chi connectivity index (χ0) is 7.49. The van der Waals surface area contributed by atoms with Gasteiger partial charge >= 0.3 is 0 Å². The second-order valence-electron chi connectivity index (χ2n) is 2.56. The van der Waals surface area contributed by atoms with Crippen LogP contribution in [0.4, 0.5) is 0 Å². The van der Waals surface area contributed by atoms with Gasteiger partial charge in [-0.3, -0.25) is 0 Å². The number of rotatable bonds is 2. The molecule has 2 N–H and O–H groups in total. The summed E-state index contributed by atoms with van der Waals surface area (Å²) >= 11 is 0. The summed E-state index contributed by atoms with van der Waals surface area (Å²) < 4.78 is 0. The zero-order valence-electron chi connectivity index (χ0n) is 5.76. The van der Waals surface area contributed by atoms with E-state index in [2.05, 4.69) is 5.92 Å². The van der Waals surface area contributed by atoms with Gasteiger partial charge in [0.05, 0.1) is 18.1 Å². The van der Waals surface area contributed by atoms with E-state index in [0.29, 0.717) is 0 Å². The van der Waals surface area contributed by atoms with Crippen molar-refractivity contribution in [2.24, 2.45) is 5.41 Å². The summed E-state index contributed by atoms with van der Waals surface area (Å²) in [5, 5.41) is 17.4. The molecule has 0 aromatic carbocycles. The Hall–Kier alpha value is -0.520. The van der Waals surface area contributed by atoms with Gasteiger partial charge in [0.25, 0.3) is 0 Å². The molecule has 0 aromatic rings. The third-order valence-electron chi connectivity index (χ3n) is 1.38. The van der Waals surface area contributed by atoms with Gasteiger partial charge in [0.1, 0.15) is 0 Å². The third-order valence-corrected chi connectivity index (χ3v) is 1.38. The molecule has 0 rings (SSSR count). The minimum Gasteiger partial charge on any atom is -0.394 e. The zero-order valence-corrected chi connectivity index (χ0v) is 5.76. The van der Waals surface area contributed by atoms with Gasteiger partial charge in [-0.1, -0.05) is 5.92 Å². The summed E-state index contributed by atoms with van der Waals surface area (Å²) in [6, 6.07) is 0. The summed E-state index contributed by atoms with van der Waals surface area (Å²) in [5.74, 6) is 2.38. The van der Waals surface area contributed by atoms with Crippen LogP contribution in [0.3, 0.4) is 0 Å². The van der Waals surface area contributed by atoms with Crippen molar-refractivity contribution in [1.82, 2.24) is 0 Å². The molecule has 9 heavy (non-hydrogen) atoms. The molecule has 0 heterocycles. The van der Waals surface area contributed by atoms with Gasteiger partial charge in [-0.05, 0) is 13.8 Å². The van der Waals surface area contributed by atoms with Gasteiger partial charge in [0.2, 0.25) is 0 Å². The van der Waals surface area contributed by atoms with Gasteiger partial charge in [-0.2, -0.15) is 0 Å². The molecule has 0 radical (unpaired) electrons. The standard InChI is InChI=1S/C7H12O2/c1-4-7(2,3)6(9)5-8/h1,6,8-9H,5H2,2-3H3. The lowest BCUT2D eigenvalue weighted by molar-refractivity contribution is 0.0319. The normalized spacial score (nSPS) is 14.6. The summed E-state index contributed by atoms with van der Waals surface area (Å²) in [5.41, 5.74) is -0.616. The minimum atomic E-state index is -0.817. The van der Waals surface area contributed by atoms with Crippen LogP contribution in [0.2, 0.25) is 0 Å². The van der Waals surface area contributed by atoms with Crippen molar-refractivity contribution < 1.29 is 10.2 Å². The Kier molecular flexibility index (Phi) is 2.69. The van der Waals surface area contributed by atoms with Crippen LogP contribution in [0, 0.1) is 17.8 Å². The van der Waals surface area contributed by atoms with Gasteiger partial charge in [0.15, 0.2) is 0 Å². The SMILES string of the molecule is C#CC(C)(C)C(O)CO. The second-order valence-corrected chi connectivity index (χ2v) is 2.56. The molecule has 0 spiro atoms. The highest BCUT2D eigenvalue weighted by atomic mass is 16.3. The van der Waals surface area contributed by atoms with Crippen molar-refractivity contribution in [2.75, 3.05) is 6.61 Å². The minimum absolute atomic E-state index is 0.281. The van der Waals surface area contributed by atoms with E-state index in [1.54, 1.807) is 13.8 Å². The molecule has 0 bridgehead atoms. The average Bonchev–Trinajstić information content (AvgIpc) is 1.86. The summed E-state index contributed by atoms with van der Waals surface area (Å²) in [6.07, 6.45) is 4.24. The fourth-order valence-corrected chi connectivity index (χ4v) is 0.324. The lowest BCUT2D eigenvalue weighted by Crippen LogP contribution is -2.30. The molecule has 1 unspecified atom stereocenters. The van der Waals surface area contributed by atoms with Crippen LogP contribution in [0.1, 0.15) is 13.8 Å². The second kappa shape index (κ2) is 2.86. The van der Waals surface area contributed by atoms with Crippen LogP contribution < -0.4 is 0 Å². The Morgan fingerprint density at radius 1 is 1.67 bits per heavy atom. The van der Waals surface area contributed by atoms with E-state index in [4.69, 9.17) is 16.6 Å². The van der Waals surface area contributed by atoms with Crippen molar-refractivity contribution in [3.8, 4) is 12.3 Å². The van der Waals surface area contributed by atoms with Crippen molar-refractivity contribution >= 4 is 0 Å². The van der Waals surface area contributed by atoms with Crippen molar-refractivity contribution in [3.05, 3.63) is 0 Å². The molecular formula is C7H12O2. The molecule has 0 saturated heterocycles. The van der Waals surface area contributed by atoms with E-state index < -0.39 is 11.5 Å². The maximum absolute atomic E-state index is 8.99. The van der Waals surface area contributed by atoms with E-state index >= 15 is 0 Å². The average molecular weight is 128 g/mol. The van der Waals surface area contributed by atoms with Crippen LogP contribution in [-0.4, -0.2) is 22.9 Å². The first kappa shape index (κ1) is 8.48. The maximum atomic E-state index is 8.99. The van der Waals surface area contributed by atoms with Gasteiger partial charge < -0.3 is 10.2 Å². The number of aliphatic hydroxyl groups is 2. The highest BCUT2D eigenvalue weighted by molar-refractivity contribution is 5.04. The smallest absolute Gasteiger partial charge is 0.0930 e. The largest absolute Gasteiger partial charge is 0.394 e. The van der Waals surface area contributed by atoms with Crippen molar-refractivity contribution in [1.29, 1.82) is 0 Å². The van der Waals surface area contributed by atoms with E-state index in [0.717, 1.165) is 0 Å². The van der Waals surface area contributed by atoms with Gasteiger partial charge in [0, 0.05) is 0 Å². The molecule has 0 aliphatic rings. The maximum Gasteiger partial charge on any atom is 0.0930 e. The summed E-state index contributed by atoms with van der Waals surface area (Å²) in [4.78, 5) is 0. The number of terminal acetylenes is 1. The molecule has 52 valence electrons. The molecule has 0 fully saturated rings. The first-order valence-electron chi connectivity index (χ1n) is 2.81. The fraction of sp³-hybridized carbons (Fsp3) is 0.714. The molecular weight excluding hydrogens is 116 g/mol. The fourth-order valence-electron chi connectivity index (χ4n) is 0.324. The Balaban J connectivity index is 4.01. The van der Waals surface area contributed by atoms with Crippen molar-refractivity contribution in [3.63, 3.8) is 0 Å². The lowest BCUT2D eigenvalue weighted by Gasteiger charge is -2.22. The Morgan fingerprint density at radius 2 is 2.11 bits per heavy atom. The van der Waals surface area contributed by atoms with Gasteiger partial charge in [-0.25, -0.2) is 0 Å². The number of hydrogen-bond acceptors (Lipinski definition) is 2. The summed E-state index contributed by atoms with van der Waals surface area (Å²) in [6.45, 7) is 3.12. The highest BCUT2D eigenvalue weighted by Crippen LogP contribution is 2.17. The molecule has 0 saturated carbocycles. The Morgan fingerprint density at radius 3 is 2.22 bits per heavy atom. The van der Waals surface area contributed by atoms with Gasteiger partial charge in [-0.15, -0.1) is 6.42 Å². The summed E-state index contributed by atoms with van der Waals surface area (Å²) in [7, 11) is 0. The number of aliphatic hydroxyl groups excluding tert-OH is 2. The molecule has 1 atom stereocenters. The monoisotopic (exact) mass is 128 g/mol. The predicted octanol–water partition coefficient (Wildman–Crippen LogP) is -0.00100. The van der Waals surface area contributed by atoms with Crippen LogP contribution in [-0.2, 0) is 0 Å². The third kappa shape index (κ3) is 2.05. The molecule has 0 aromatic heterocycles. The highest BCUT2D eigenvalue weighted by Gasteiger charge is 2.23. The van der Waals surface area contributed by atoms with E-state index in [1.807, 2.05) is 0 Å². The molecule has 0 aliphatic carbocycles. The van der Waals surface area contributed by atoms with Crippen molar-refractivity contribution in [2.45, 2.75) is 20.0 Å². The lowest BCUT2D eigenvalue weighted by atomic mass is 9.88. The molecule has 2 nitrogen and oxygen atoms in total. The quantitative estimate of drug-likeness (QED) is 0.514. The Labute approximate surface area is 55.5 Å². The molecule has 0 aliphatic heterocycles.